The molecule has 0 aromatic heterocycles. The third-order valence-corrected chi connectivity index (χ3v) is 16.5. The fourth-order valence-electron chi connectivity index (χ4n) is 11.5. The molecule has 2 heteroatoms. The first-order chi connectivity index (χ1) is 40.2. The van der Waals surface area contributed by atoms with E-state index in [4.69, 9.17) is 0 Å². The van der Waals surface area contributed by atoms with Crippen LogP contribution in [0, 0.1) is 0 Å². The first-order valence-corrected chi connectivity index (χ1v) is 29.9. The van der Waals surface area contributed by atoms with Gasteiger partial charge in [0.25, 0.3) is 0 Å². The van der Waals surface area contributed by atoms with Gasteiger partial charge in [0.1, 0.15) is 0 Å². The van der Waals surface area contributed by atoms with Crippen molar-refractivity contribution in [3.63, 3.8) is 0 Å². The molecule has 0 radical (unpaired) electrons. The van der Waals surface area contributed by atoms with Crippen molar-refractivity contribution in [2.45, 2.75) is 105 Å². The summed E-state index contributed by atoms with van der Waals surface area (Å²) in [5, 5.41) is 4.89. The zero-order valence-electron chi connectivity index (χ0n) is 51.3. The molecule has 0 amide bonds. The highest BCUT2D eigenvalue weighted by molar-refractivity contribution is 6.22. The van der Waals surface area contributed by atoms with Crippen molar-refractivity contribution in [2.24, 2.45) is 0 Å². The van der Waals surface area contributed by atoms with Crippen molar-refractivity contribution in [1.29, 1.82) is 0 Å². The van der Waals surface area contributed by atoms with Crippen molar-refractivity contribution in [3.05, 3.63) is 287 Å². The molecule has 0 aliphatic heterocycles. The monoisotopic (exact) mass is 1090 g/mol. The highest BCUT2D eigenvalue weighted by atomic mass is 15.1. The van der Waals surface area contributed by atoms with Crippen LogP contribution >= 0.6 is 0 Å². The quantitative estimate of drug-likeness (QED) is 0.0889. The number of anilines is 6. The molecule has 0 N–H and O–H groups in total. The van der Waals surface area contributed by atoms with Gasteiger partial charge in [0, 0.05) is 34.1 Å². The first-order valence-electron chi connectivity index (χ1n) is 29.9. The van der Waals surface area contributed by atoms with Gasteiger partial charge in [-0.15, -0.1) is 0 Å². The van der Waals surface area contributed by atoms with E-state index in [9.17, 15) is 0 Å². The molecule has 0 fully saturated rings. The fourth-order valence-corrected chi connectivity index (χ4v) is 11.5. The zero-order chi connectivity index (χ0) is 59.0. The smallest absolute Gasteiger partial charge is 0.0462 e. The van der Waals surface area contributed by atoms with Crippen LogP contribution in [0.4, 0.5) is 34.1 Å². The molecule has 0 atom stereocenters. The Labute approximate surface area is 501 Å². The average Bonchev–Trinajstić information content (AvgIpc) is 1.96. The van der Waals surface area contributed by atoms with E-state index in [1.165, 1.54) is 66.1 Å². The summed E-state index contributed by atoms with van der Waals surface area (Å²) in [4.78, 5) is 4.73. The molecule has 0 spiro atoms. The lowest BCUT2D eigenvalue weighted by molar-refractivity contribution is 0.590. The highest BCUT2D eigenvalue weighted by Crippen LogP contribution is 2.46. The van der Waals surface area contributed by atoms with E-state index in [0.717, 1.165) is 56.4 Å². The number of fused-ring (bicyclic) bond motifs is 3. The fraction of sp³-hybridized carbons (Fsp3) is 0.195. The largest absolute Gasteiger partial charge is 0.311 e. The van der Waals surface area contributed by atoms with Crippen LogP contribution in [-0.4, -0.2) is 0 Å². The molecule has 11 rings (SSSR count). The Bertz CT molecular complexity index is 3730. The topological polar surface area (TPSA) is 6.48 Å². The minimum absolute atomic E-state index is 0.0698. The Morgan fingerprint density at radius 1 is 0.226 bits per heavy atom. The molecule has 0 heterocycles. The second kappa shape index (κ2) is 23.0. The molecule has 418 valence electrons. The number of nitrogens with zero attached hydrogens (tertiary/aromatic N) is 2. The van der Waals surface area contributed by atoms with E-state index in [1.807, 2.05) is 0 Å². The second-order valence-corrected chi connectivity index (χ2v) is 26.8. The molecule has 2 nitrogen and oxygen atoms in total. The van der Waals surface area contributed by atoms with Crippen molar-refractivity contribution in [1.82, 2.24) is 0 Å². The molecule has 0 aliphatic carbocycles. The molecule has 0 bridgehead atoms. The van der Waals surface area contributed by atoms with Crippen LogP contribution in [-0.2, 0) is 21.7 Å². The van der Waals surface area contributed by atoms with Crippen LogP contribution in [0.2, 0.25) is 0 Å². The molecular formula is C82H80N2. The van der Waals surface area contributed by atoms with Crippen molar-refractivity contribution in [3.8, 4) is 22.3 Å². The standard InChI is InChI=1S/C82H80N2/c1-79(2,3)63-33-45-69(46-34-63)83(70-47-35-64(36-48-70)80(4,5)6)67-41-27-57(28-42-67)23-25-59-31-53-73-75(55-59)76-56-60(32-54-74(76)78(62-21-17-14-18-22-62)77(73)61-19-15-13-16-20-61)26-24-58-29-43-68(44-30-58)84(71-49-37-65(38-50-71)81(7,8)9)72-51-39-66(40-52-72)82(10,11)12/h13-56H,1-12H3/b25-23+,26-24+. The molecule has 0 aliphatic rings. The maximum Gasteiger partial charge on any atom is 0.0462 e. The van der Waals surface area contributed by atoms with Crippen LogP contribution in [0.15, 0.2) is 243 Å². The summed E-state index contributed by atoms with van der Waals surface area (Å²) in [6.45, 7) is 27.2. The van der Waals surface area contributed by atoms with E-state index in [1.54, 1.807) is 0 Å². The van der Waals surface area contributed by atoms with Gasteiger partial charge in [-0.3, -0.25) is 0 Å². The molecule has 11 aromatic rings. The third-order valence-electron chi connectivity index (χ3n) is 16.5. The third kappa shape index (κ3) is 12.4. The summed E-state index contributed by atoms with van der Waals surface area (Å²) in [6, 6.07) is 90.0. The Balaban J connectivity index is 0.951. The van der Waals surface area contributed by atoms with Gasteiger partial charge in [0.05, 0.1) is 0 Å². The summed E-state index contributed by atoms with van der Waals surface area (Å²) < 4.78 is 0. The molecule has 11 aromatic carbocycles. The molecular weight excluding hydrogens is 1010 g/mol. The van der Waals surface area contributed by atoms with Gasteiger partial charge < -0.3 is 9.80 Å². The van der Waals surface area contributed by atoms with Crippen LogP contribution in [0.1, 0.15) is 128 Å². The second-order valence-electron chi connectivity index (χ2n) is 26.8. The molecule has 0 unspecified atom stereocenters. The minimum Gasteiger partial charge on any atom is -0.311 e. The predicted molar refractivity (Wildman–Crippen MR) is 367 cm³/mol. The number of benzene rings is 11. The van der Waals surface area contributed by atoms with E-state index >= 15 is 0 Å². The van der Waals surface area contributed by atoms with E-state index in [0.29, 0.717) is 0 Å². The van der Waals surface area contributed by atoms with E-state index in [2.05, 4.69) is 360 Å². The highest BCUT2D eigenvalue weighted by Gasteiger charge is 2.22. The summed E-state index contributed by atoms with van der Waals surface area (Å²) in [5.41, 5.74) is 21.8. The summed E-state index contributed by atoms with van der Waals surface area (Å²) >= 11 is 0. The molecule has 84 heavy (non-hydrogen) atoms. The Morgan fingerprint density at radius 3 is 0.702 bits per heavy atom. The van der Waals surface area contributed by atoms with Crippen molar-refractivity contribution in [2.75, 3.05) is 9.80 Å². The summed E-state index contributed by atoms with van der Waals surface area (Å²) in [7, 11) is 0. The van der Waals surface area contributed by atoms with Crippen molar-refractivity contribution >= 4 is 80.0 Å². The van der Waals surface area contributed by atoms with Crippen LogP contribution < -0.4 is 9.80 Å². The minimum atomic E-state index is 0.0698. The normalized spacial score (nSPS) is 12.4. The molecule has 0 saturated carbocycles. The van der Waals surface area contributed by atoms with Gasteiger partial charge in [0.2, 0.25) is 0 Å². The van der Waals surface area contributed by atoms with Crippen LogP contribution in [0.25, 0.3) is 68.1 Å². The number of hydrogen-bond donors (Lipinski definition) is 0. The maximum absolute atomic E-state index is 2.39. The Morgan fingerprint density at radius 2 is 0.452 bits per heavy atom. The SMILES string of the molecule is CC(C)(C)c1ccc(N(c2ccc(/C=C/c3ccc4c(-c5ccccc5)c(-c5ccccc5)c5ccc(/C=C/c6ccc(N(c7ccc(C(C)(C)C)cc7)c7ccc(C(C)(C)C)cc7)cc6)cc5c4c3)cc2)c2ccc(C(C)(C)C)cc2)cc1. The average molecular weight is 1090 g/mol. The van der Waals surface area contributed by atoms with Gasteiger partial charge >= 0.3 is 0 Å². The predicted octanol–water partition coefficient (Wildman–Crippen LogP) is 23.8. The van der Waals surface area contributed by atoms with Crippen LogP contribution in [0.5, 0.6) is 0 Å². The first kappa shape index (κ1) is 56.9. The van der Waals surface area contributed by atoms with Gasteiger partial charge in [-0.2, -0.15) is 0 Å². The van der Waals surface area contributed by atoms with Crippen molar-refractivity contribution < 1.29 is 0 Å². The van der Waals surface area contributed by atoms with E-state index < -0.39 is 0 Å². The van der Waals surface area contributed by atoms with Gasteiger partial charge in [-0.1, -0.05) is 265 Å². The lowest BCUT2D eigenvalue weighted by Crippen LogP contribution is -2.14. The van der Waals surface area contributed by atoms with Crippen LogP contribution in [0.3, 0.4) is 0 Å². The Hall–Kier alpha value is -8.98. The van der Waals surface area contributed by atoms with Gasteiger partial charge in [0.15, 0.2) is 0 Å². The molecule has 0 saturated heterocycles. The number of hydrogen-bond acceptors (Lipinski definition) is 2. The van der Waals surface area contributed by atoms with E-state index in [-0.39, 0.29) is 21.7 Å². The summed E-state index contributed by atoms with van der Waals surface area (Å²) in [6.07, 6.45) is 9.01. The number of rotatable bonds is 12. The Kier molecular flexibility index (Phi) is 15.6. The maximum atomic E-state index is 2.39. The summed E-state index contributed by atoms with van der Waals surface area (Å²) in [5.74, 6) is 0. The van der Waals surface area contributed by atoms with Gasteiger partial charge in [-0.05, 0) is 195 Å². The van der Waals surface area contributed by atoms with Gasteiger partial charge in [-0.25, -0.2) is 0 Å². The zero-order valence-corrected chi connectivity index (χ0v) is 51.3. The lowest BCUT2D eigenvalue weighted by Gasteiger charge is -2.28. The lowest BCUT2D eigenvalue weighted by atomic mass is 9.84.